The molecular formula is C13H5F8O4S2-. The number of rotatable bonds is 4. The van der Waals surface area contributed by atoms with E-state index in [4.69, 9.17) is 0 Å². The summed E-state index contributed by atoms with van der Waals surface area (Å²) in [5, 5.41) is -4.17. The van der Waals surface area contributed by atoms with Gasteiger partial charge in [0.2, 0.25) is 0 Å². The molecule has 0 saturated heterocycles. The number of sulfone groups is 2. The molecule has 0 spiro atoms. The molecule has 0 aliphatic carbocycles. The molecule has 4 nitrogen and oxygen atoms in total. The monoisotopic (exact) mass is 441 g/mol. The van der Waals surface area contributed by atoms with Crippen LogP contribution in [0, 0.1) is 45.3 Å². The molecule has 14 heteroatoms. The highest BCUT2D eigenvalue weighted by molar-refractivity contribution is 8.12. The van der Waals surface area contributed by atoms with Crippen molar-refractivity contribution in [2.75, 3.05) is 12.3 Å². The standard InChI is InChI=1S/C13H5F8O4S2/c1-26(22,23)13(27(24,25)2-14)5-6(15)3-4(7(16)10(5)19)9(18)12(21)11(20)8(3)17/h2H2,1H3/q-1. The third-order valence-electron chi connectivity index (χ3n) is 3.30. The van der Waals surface area contributed by atoms with E-state index in [1.54, 1.807) is 0 Å². The smallest absolute Gasteiger partial charge is 0.198 e. The average molecular weight is 441 g/mol. The summed E-state index contributed by atoms with van der Waals surface area (Å²) in [6.07, 6.45) is 0.0543. The van der Waals surface area contributed by atoms with E-state index in [-0.39, 0.29) is 6.26 Å². The van der Waals surface area contributed by atoms with Crippen LogP contribution >= 0.6 is 0 Å². The predicted molar refractivity (Wildman–Crippen MR) is 75.7 cm³/mol. The van der Waals surface area contributed by atoms with Crippen LogP contribution in [0.3, 0.4) is 0 Å². The molecule has 0 aliphatic rings. The molecule has 2 aromatic rings. The van der Waals surface area contributed by atoms with Gasteiger partial charge in [-0.25, -0.2) is 43.2 Å². The molecule has 0 N–H and O–H groups in total. The summed E-state index contributed by atoms with van der Waals surface area (Å²) in [6, 6.07) is -2.51. The Morgan fingerprint density at radius 2 is 1.04 bits per heavy atom. The summed E-state index contributed by atoms with van der Waals surface area (Å²) in [7, 11) is -10.8. The zero-order valence-corrected chi connectivity index (χ0v) is 14.3. The Kier molecular flexibility index (Phi) is 5.11. The Balaban J connectivity index is 3.22. The maximum absolute atomic E-state index is 14.5. The molecule has 0 bridgehead atoms. The zero-order chi connectivity index (χ0) is 21.1. The predicted octanol–water partition coefficient (Wildman–Crippen LogP) is 3.04. The van der Waals surface area contributed by atoms with E-state index in [0.717, 1.165) is 0 Å². The third kappa shape index (κ3) is 3.09. The lowest BCUT2D eigenvalue weighted by molar-refractivity contribution is 0.411. The molecule has 0 unspecified atom stereocenters. The molecule has 2 aromatic carbocycles. The van der Waals surface area contributed by atoms with Crippen LogP contribution in [-0.2, 0) is 19.7 Å². The SMILES string of the molecule is CS(=O)(=O)[C-](c1c(F)c(F)c2c(F)c(F)c(F)c(F)c2c1F)S(=O)(=O)CF. The molecule has 27 heavy (non-hydrogen) atoms. The molecule has 0 aliphatic heterocycles. The number of hydrogen-bond donors (Lipinski definition) is 0. The first-order valence-corrected chi connectivity index (χ1v) is 9.91. The molecule has 2 rings (SSSR count). The van der Waals surface area contributed by atoms with E-state index in [0.29, 0.717) is 0 Å². The van der Waals surface area contributed by atoms with Gasteiger partial charge in [0.15, 0.2) is 39.1 Å². The van der Waals surface area contributed by atoms with Gasteiger partial charge in [0.1, 0.15) is 15.7 Å². The van der Waals surface area contributed by atoms with E-state index in [1.807, 2.05) is 0 Å². The molecule has 0 radical (unpaired) electrons. The summed E-state index contributed by atoms with van der Waals surface area (Å²) >= 11 is 0. The van der Waals surface area contributed by atoms with E-state index < -0.39 is 87.3 Å². The van der Waals surface area contributed by atoms with Gasteiger partial charge in [-0.05, 0) is 0 Å². The van der Waals surface area contributed by atoms with Gasteiger partial charge in [-0.2, -0.15) is 0 Å². The molecule has 0 atom stereocenters. The lowest BCUT2D eigenvalue weighted by Gasteiger charge is -2.26. The maximum Gasteiger partial charge on any atom is 0.198 e. The minimum Gasteiger partial charge on any atom is -0.283 e. The summed E-state index contributed by atoms with van der Waals surface area (Å²) in [5.41, 5.74) is -2.30. The summed E-state index contributed by atoms with van der Waals surface area (Å²) in [4.78, 5) is 0. The van der Waals surface area contributed by atoms with Crippen LogP contribution in [-0.4, -0.2) is 29.1 Å². The second kappa shape index (κ2) is 6.51. The summed E-state index contributed by atoms with van der Waals surface area (Å²) in [6.45, 7) is 0. The van der Waals surface area contributed by atoms with Crippen molar-refractivity contribution in [2.24, 2.45) is 0 Å². The first kappa shape index (κ1) is 21.2. The van der Waals surface area contributed by atoms with Crippen LogP contribution in [0.15, 0.2) is 0 Å². The van der Waals surface area contributed by atoms with Crippen LogP contribution in [0.4, 0.5) is 35.1 Å². The Morgan fingerprint density at radius 1 is 0.667 bits per heavy atom. The first-order valence-electron chi connectivity index (χ1n) is 6.36. The van der Waals surface area contributed by atoms with Crippen molar-refractivity contribution in [3.63, 3.8) is 0 Å². The van der Waals surface area contributed by atoms with Crippen molar-refractivity contribution < 1.29 is 52.0 Å². The molecule has 0 amide bonds. The van der Waals surface area contributed by atoms with Crippen molar-refractivity contribution in [3.8, 4) is 0 Å². The number of benzene rings is 2. The highest BCUT2D eigenvalue weighted by Crippen LogP contribution is 2.39. The fourth-order valence-electron chi connectivity index (χ4n) is 2.29. The zero-order valence-electron chi connectivity index (χ0n) is 12.7. The van der Waals surface area contributed by atoms with Crippen LogP contribution in [0.2, 0.25) is 0 Å². The van der Waals surface area contributed by atoms with Gasteiger partial charge in [-0.3, -0.25) is 8.78 Å². The van der Waals surface area contributed by atoms with E-state index >= 15 is 0 Å². The first-order chi connectivity index (χ1) is 12.2. The van der Waals surface area contributed by atoms with Crippen molar-refractivity contribution in [1.82, 2.24) is 0 Å². The normalized spacial score (nSPS) is 12.6. The largest absolute Gasteiger partial charge is 0.283 e. The number of fused-ring (bicyclic) bond motifs is 1. The Bertz CT molecular complexity index is 1180. The van der Waals surface area contributed by atoms with Crippen LogP contribution in [0.1, 0.15) is 5.56 Å². The molecular weight excluding hydrogens is 436 g/mol. The summed E-state index contributed by atoms with van der Waals surface area (Å²) in [5.74, 6) is -18.3. The minimum atomic E-state index is -5.61. The van der Waals surface area contributed by atoms with Gasteiger partial charge >= 0.3 is 0 Å². The van der Waals surface area contributed by atoms with Crippen molar-refractivity contribution in [1.29, 1.82) is 0 Å². The highest BCUT2D eigenvalue weighted by Gasteiger charge is 2.36. The van der Waals surface area contributed by atoms with E-state index in [9.17, 15) is 52.0 Å². The molecule has 150 valence electrons. The van der Waals surface area contributed by atoms with Gasteiger partial charge in [0.25, 0.3) is 0 Å². The molecule has 0 fully saturated rings. The van der Waals surface area contributed by atoms with Crippen LogP contribution in [0.5, 0.6) is 0 Å². The lowest BCUT2D eigenvalue weighted by Crippen LogP contribution is -2.27. The van der Waals surface area contributed by atoms with Crippen molar-refractivity contribution in [2.45, 2.75) is 0 Å². The van der Waals surface area contributed by atoms with Crippen LogP contribution < -0.4 is 0 Å². The Hall–Kier alpha value is -2.09. The van der Waals surface area contributed by atoms with Gasteiger partial charge in [-0.1, -0.05) is 5.56 Å². The molecule has 0 aromatic heterocycles. The average Bonchev–Trinajstić information content (AvgIpc) is 2.56. The molecule has 0 heterocycles. The molecule has 0 saturated carbocycles. The third-order valence-corrected chi connectivity index (χ3v) is 6.91. The summed E-state index contributed by atoms with van der Waals surface area (Å²) < 4.78 is 154. The second-order valence-corrected chi connectivity index (χ2v) is 9.17. The Labute approximate surface area is 146 Å². The van der Waals surface area contributed by atoms with Crippen LogP contribution in [0.25, 0.3) is 10.8 Å². The minimum absolute atomic E-state index is 0.0543. The van der Waals surface area contributed by atoms with Gasteiger partial charge in [-0.15, -0.1) is 0 Å². The van der Waals surface area contributed by atoms with Gasteiger partial charge in [0, 0.05) is 22.8 Å². The highest BCUT2D eigenvalue weighted by atomic mass is 32.3. The van der Waals surface area contributed by atoms with Gasteiger partial charge < -0.3 is 0 Å². The van der Waals surface area contributed by atoms with E-state index in [1.165, 1.54) is 0 Å². The lowest BCUT2D eigenvalue weighted by atomic mass is 10.0. The quantitative estimate of drug-likeness (QED) is 0.317. The number of alkyl halides is 1. The fourth-order valence-corrected chi connectivity index (χ4v) is 5.40. The van der Waals surface area contributed by atoms with Gasteiger partial charge in [0.05, 0.1) is 10.4 Å². The fraction of sp³-hybridized carbons (Fsp3) is 0.154. The van der Waals surface area contributed by atoms with E-state index in [2.05, 4.69) is 0 Å². The topological polar surface area (TPSA) is 68.3 Å². The number of halogens is 8. The Morgan fingerprint density at radius 3 is 1.41 bits per heavy atom. The second-order valence-electron chi connectivity index (χ2n) is 5.11. The van der Waals surface area contributed by atoms with Crippen molar-refractivity contribution in [3.05, 3.63) is 50.9 Å². The van der Waals surface area contributed by atoms with Crippen molar-refractivity contribution >= 4 is 30.4 Å². The number of hydrogen-bond acceptors (Lipinski definition) is 4. The maximum atomic E-state index is 14.5.